The summed E-state index contributed by atoms with van der Waals surface area (Å²) < 4.78 is 0. The van der Waals surface area contributed by atoms with Crippen molar-refractivity contribution >= 4 is 47.4 Å². The van der Waals surface area contributed by atoms with E-state index in [0.717, 1.165) is 32.4 Å². The van der Waals surface area contributed by atoms with Gasteiger partial charge in [-0.25, -0.2) is 0 Å². The number of piperidine rings is 1. The fraction of sp³-hybridized carbons (Fsp3) is 0.556. The predicted molar refractivity (Wildman–Crippen MR) is 109 cm³/mol. The topological polar surface area (TPSA) is 61.4 Å². The molecule has 0 aromatic heterocycles. The summed E-state index contributed by atoms with van der Waals surface area (Å²) in [4.78, 5) is 27.2. The second-order valence-electron chi connectivity index (χ2n) is 6.31. The molecule has 2 rings (SSSR count). The SMILES string of the molecule is CCCN(C(=O)C(C)NC(=O)c1cccc(Cl)c1Cl)C1CCNCC1.Cl. The normalized spacial score (nSPS) is 15.7. The molecular weight excluding hydrogens is 397 g/mol. The van der Waals surface area contributed by atoms with Crippen molar-refractivity contribution in [1.82, 2.24) is 15.5 Å². The largest absolute Gasteiger partial charge is 0.340 e. The molecule has 1 aromatic rings. The van der Waals surface area contributed by atoms with Gasteiger partial charge in [-0.2, -0.15) is 0 Å². The summed E-state index contributed by atoms with van der Waals surface area (Å²) in [6.07, 6.45) is 2.76. The average Bonchev–Trinajstić information content (AvgIpc) is 2.62. The molecule has 1 aliphatic rings. The summed E-state index contributed by atoms with van der Waals surface area (Å²) in [7, 11) is 0. The van der Waals surface area contributed by atoms with Crippen molar-refractivity contribution in [3.8, 4) is 0 Å². The molecule has 1 aliphatic heterocycles. The molecule has 1 unspecified atom stereocenters. The molecule has 1 atom stereocenters. The highest BCUT2D eigenvalue weighted by atomic mass is 35.5. The first kappa shape index (κ1) is 23.0. The number of hydrogen-bond acceptors (Lipinski definition) is 3. The average molecular weight is 423 g/mol. The lowest BCUT2D eigenvalue weighted by atomic mass is 10.0. The Labute approximate surface area is 171 Å². The maximum Gasteiger partial charge on any atom is 0.253 e. The van der Waals surface area contributed by atoms with E-state index < -0.39 is 11.9 Å². The summed E-state index contributed by atoms with van der Waals surface area (Å²) in [6, 6.07) is 4.48. The minimum absolute atomic E-state index is 0. The molecule has 5 nitrogen and oxygen atoms in total. The monoisotopic (exact) mass is 421 g/mol. The first-order valence-electron chi connectivity index (χ1n) is 8.71. The van der Waals surface area contributed by atoms with Gasteiger partial charge in [-0.15, -0.1) is 12.4 Å². The van der Waals surface area contributed by atoms with Crippen molar-refractivity contribution in [3.63, 3.8) is 0 Å². The summed E-state index contributed by atoms with van der Waals surface area (Å²) in [6.45, 7) is 6.29. The first-order valence-corrected chi connectivity index (χ1v) is 9.47. The Hall–Kier alpha value is -1.01. The fourth-order valence-electron chi connectivity index (χ4n) is 3.10. The molecule has 0 spiro atoms. The van der Waals surface area contributed by atoms with Gasteiger partial charge in [0.1, 0.15) is 6.04 Å². The number of carbonyl (C=O) groups is 2. The molecule has 8 heteroatoms. The molecule has 1 saturated heterocycles. The van der Waals surface area contributed by atoms with Crippen molar-refractivity contribution in [2.75, 3.05) is 19.6 Å². The van der Waals surface area contributed by atoms with Crippen LogP contribution in [0.5, 0.6) is 0 Å². The van der Waals surface area contributed by atoms with Gasteiger partial charge in [-0.1, -0.05) is 36.2 Å². The highest BCUT2D eigenvalue weighted by Gasteiger charge is 2.29. The van der Waals surface area contributed by atoms with Gasteiger partial charge in [0.15, 0.2) is 0 Å². The van der Waals surface area contributed by atoms with Gasteiger partial charge in [0.05, 0.1) is 15.6 Å². The van der Waals surface area contributed by atoms with E-state index in [0.29, 0.717) is 11.6 Å². The van der Waals surface area contributed by atoms with E-state index in [4.69, 9.17) is 23.2 Å². The number of halogens is 3. The molecule has 2 amide bonds. The molecule has 1 heterocycles. The maximum absolute atomic E-state index is 12.9. The number of nitrogens with one attached hydrogen (secondary N) is 2. The maximum atomic E-state index is 12.9. The Kier molecular flexibility index (Phi) is 9.72. The Morgan fingerprint density at radius 1 is 1.31 bits per heavy atom. The molecular formula is C18H26Cl3N3O2. The van der Waals surface area contributed by atoms with E-state index in [1.54, 1.807) is 25.1 Å². The molecule has 0 aliphatic carbocycles. The summed E-state index contributed by atoms with van der Waals surface area (Å²) in [5, 5.41) is 6.58. The van der Waals surface area contributed by atoms with Crippen molar-refractivity contribution < 1.29 is 9.59 Å². The van der Waals surface area contributed by atoms with Crippen LogP contribution in [0.1, 0.15) is 43.5 Å². The minimum Gasteiger partial charge on any atom is -0.340 e. The van der Waals surface area contributed by atoms with Gasteiger partial charge in [-0.05, 0) is 51.4 Å². The lowest BCUT2D eigenvalue weighted by Crippen LogP contribution is -2.53. The van der Waals surface area contributed by atoms with E-state index in [-0.39, 0.29) is 34.9 Å². The molecule has 146 valence electrons. The Bertz CT molecular complexity index is 622. The van der Waals surface area contributed by atoms with Crippen LogP contribution in [0, 0.1) is 0 Å². The van der Waals surface area contributed by atoms with Gasteiger partial charge in [0.25, 0.3) is 5.91 Å². The number of benzene rings is 1. The lowest BCUT2D eigenvalue weighted by molar-refractivity contribution is -0.135. The predicted octanol–water partition coefficient (Wildman–Crippen LogP) is 3.52. The number of nitrogens with zero attached hydrogens (tertiary/aromatic N) is 1. The smallest absolute Gasteiger partial charge is 0.253 e. The molecule has 26 heavy (non-hydrogen) atoms. The summed E-state index contributed by atoms with van der Waals surface area (Å²) >= 11 is 12.0. The lowest BCUT2D eigenvalue weighted by Gasteiger charge is -2.36. The van der Waals surface area contributed by atoms with E-state index >= 15 is 0 Å². The number of hydrogen-bond donors (Lipinski definition) is 2. The second kappa shape index (κ2) is 11.0. The van der Waals surface area contributed by atoms with Crippen LogP contribution >= 0.6 is 35.6 Å². The van der Waals surface area contributed by atoms with Gasteiger partial charge in [-0.3, -0.25) is 9.59 Å². The van der Waals surface area contributed by atoms with Crippen molar-refractivity contribution in [2.45, 2.75) is 45.2 Å². The first-order chi connectivity index (χ1) is 12.0. The second-order valence-corrected chi connectivity index (χ2v) is 7.09. The van der Waals surface area contributed by atoms with Crippen molar-refractivity contribution in [3.05, 3.63) is 33.8 Å². The van der Waals surface area contributed by atoms with Gasteiger partial charge < -0.3 is 15.5 Å². The zero-order valence-electron chi connectivity index (χ0n) is 15.1. The van der Waals surface area contributed by atoms with Crippen LogP contribution < -0.4 is 10.6 Å². The quantitative estimate of drug-likeness (QED) is 0.737. The van der Waals surface area contributed by atoms with Crippen molar-refractivity contribution in [1.29, 1.82) is 0 Å². The van der Waals surface area contributed by atoms with Crippen LogP contribution in [0.3, 0.4) is 0 Å². The van der Waals surface area contributed by atoms with Gasteiger partial charge in [0, 0.05) is 12.6 Å². The van der Waals surface area contributed by atoms with Crippen LogP contribution in [0.2, 0.25) is 10.0 Å². The number of rotatable bonds is 6. The highest BCUT2D eigenvalue weighted by molar-refractivity contribution is 6.43. The molecule has 1 aromatic carbocycles. The van der Waals surface area contributed by atoms with Crippen molar-refractivity contribution in [2.24, 2.45) is 0 Å². The zero-order valence-corrected chi connectivity index (χ0v) is 17.4. The third-order valence-electron chi connectivity index (χ3n) is 4.41. The molecule has 0 bridgehead atoms. The van der Waals surface area contributed by atoms with Gasteiger partial charge in [0.2, 0.25) is 5.91 Å². The highest BCUT2D eigenvalue weighted by Crippen LogP contribution is 2.25. The van der Waals surface area contributed by atoms with E-state index in [2.05, 4.69) is 17.6 Å². The minimum atomic E-state index is -0.621. The van der Waals surface area contributed by atoms with Crippen LogP contribution in [0.25, 0.3) is 0 Å². The van der Waals surface area contributed by atoms with Crippen LogP contribution in [-0.2, 0) is 4.79 Å². The molecule has 1 fully saturated rings. The van der Waals surface area contributed by atoms with Gasteiger partial charge >= 0.3 is 0 Å². The van der Waals surface area contributed by atoms with Crippen LogP contribution in [0.4, 0.5) is 0 Å². The van der Waals surface area contributed by atoms with E-state index in [1.807, 2.05) is 4.90 Å². The molecule has 0 saturated carbocycles. The van der Waals surface area contributed by atoms with E-state index in [9.17, 15) is 9.59 Å². The third kappa shape index (κ3) is 5.74. The fourth-order valence-corrected chi connectivity index (χ4v) is 3.48. The number of carbonyl (C=O) groups excluding carboxylic acids is 2. The molecule has 0 radical (unpaired) electrons. The standard InChI is InChI=1S/C18H25Cl2N3O2.ClH/c1-3-11-23(13-7-9-21-10-8-13)18(25)12(2)22-17(24)14-5-4-6-15(19)16(14)20;/h4-6,12-13,21H,3,7-11H2,1-2H3,(H,22,24);1H. The van der Waals surface area contributed by atoms with E-state index in [1.165, 1.54) is 0 Å². The van der Waals surface area contributed by atoms with Crippen LogP contribution in [-0.4, -0.2) is 48.4 Å². The third-order valence-corrected chi connectivity index (χ3v) is 5.23. The zero-order chi connectivity index (χ0) is 18.4. The summed E-state index contributed by atoms with van der Waals surface area (Å²) in [5.74, 6) is -0.449. The Morgan fingerprint density at radius 3 is 2.58 bits per heavy atom. The Balaban J connectivity index is 0.00000338. The Morgan fingerprint density at radius 2 is 1.96 bits per heavy atom. The summed E-state index contributed by atoms with van der Waals surface area (Å²) in [5.41, 5.74) is 0.276. The number of amides is 2. The van der Waals surface area contributed by atoms with Crippen LogP contribution in [0.15, 0.2) is 18.2 Å². The molecule has 2 N–H and O–H groups in total.